The zero-order valence-corrected chi connectivity index (χ0v) is 11.7. The predicted molar refractivity (Wildman–Crippen MR) is 78.1 cm³/mol. The Kier molecular flexibility index (Phi) is 5.25. The lowest BCUT2D eigenvalue weighted by Crippen LogP contribution is -2.44. The molecule has 0 aliphatic heterocycles. The van der Waals surface area contributed by atoms with Gasteiger partial charge in [0.2, 0.25) is 0 Å². The molecular formula is C16H24N2O. The number of hydrogen-bond donors (Lipinski definition) is 2. The molecule has 1 aromatic carbocycles. The molecule has 1 saturated carbocycles. The van der Waals surface area contributed by atoms with Crippen LogP contribution in [0.2, 0.25) is 0 Å². The number of hydrogen-bond acceptors (Lipinski definition) is 1. The standard InChI is InChI=1S/C16H24N2O/c1-13(11-12-14-7-3-2-4-8-14)17-16(19)18-15-9-5-6-10-15/h2-4,7-8,13,15H,5-6,9-12H2,1H3,(H2,17,18,19). The van der Waals surface area contributed by atoms with Gasteiger partial charge in [-0.25, -0.2) is 4.79 Å². The van der Waals surface area contributed by atoms with Crippen molar-refractivity contribution in [2.75, 3.05) is 0 Å². The Bertz CT molecular complexity index is 385. The average Bonchev–Trinajstić information content (AvgIpc) is 2.90. The van der Waals surface area contributed by atoms with Crippen LogP contribution in [-0.4, -0.2) is 18.1 Å². The van der Waals surface area contributed by atoms with E-state index >= 15 is 0 Å². The van der Waals surface area contributed by atoms with Gasteiger partial charge in [-0.05, 0) is 38.2 Å². The summed E-state index contributed by atoms with van der Waals surface area (Å²) in [6.45, 7) is 2.07. The third-order valence-electron chi connectivity index (χ3n) is 3.78. The third-order valence-corrected chi connectivity index (χ3v) is 3.78. The van der Waals surface area contributed by atoms with Crippen molar-refractivity contribution < 1.29 is 4.79 Å². The van der Waals surface area contributed by atoms with Gasteiger partial charge in [-0.15, -0.1) is 0 Å². The van der Waals surface area contributed by atoms with Gasteiger partial charge in [-0.2, -0.15) is 0 Å². The Morgan fingerprint density at radius 2 is 1.95 bits per heavy atom. The number of aryl methyl sites for hydroxylation is 1. The molecule has 0 spiro atoms. The van der Waals surface area contributed by atoms with Crippen molar-refractivity contribution >= 4 is 6.03 Å². The van der Waals surface area contributed by atoms with Gasteiger partial charge in [0.25, 0.3) is 0 Å². The zero-order valence-electron chi connectivity index (χ0n) is 11.7. The minimum absolute atomic E-state index is 0.00698. The summed E-state index contributed by atoms with van der Waals surface area (Å²) < 4.78 is 0. The van der Waals surface area contributed by atoms with E-state index in [0.29, 0.717) is 6.04 Å². The number of carbonyl (C=O) groups is 1. The summed E-state index contributed by atoms with van der Waals surface area (Å²) in [6, 6.07) is 11.0. The lowest BCUT2D eigenvalue weighted by molar-refractivity contribution is 0.233. The Balaban J connectivity index is 1.65. The van der Waals surface area contributed by atoms with Gasteiger partial charge < -0.3 is 10.6 Å². The molecule has 0 radical (unpaired) electrons. The first kappa shape index (κ1) is 13.9. The quantitative estimate of drug-likeness (QED) is 0.838. The Morgan fingerprint density at radius 1 is 1.26 bits per heavy atom. The van der Waals surface area contributed by atoms with Crippen LogP contribution in [0.3, 0.4) is 0 Å². The first-order chi connectivity index (χ1) is 9.24. The highest BCUT2D eigenvalue weighted by atomic mass is 16.2. The number of benzene rings is 1. The lowest BCUT2D eigenvalue weighted by Gasteiger charge is -2.17. The fourth-order valence-corrected chi connectivity index (χ4v) is 2.62. The maximum Gasteiger partial charge on any atom is 0.315 e. The summed E-state index contributed by atoms with van der Waals surface area (Å²) in [4.78, 5) is 11.8. The first-order valence-electron chi connectivity index (χ1n) is 7.35. The van der Waals surface area contributed by atoms with E-state index < -0.39 is 0 Å². The summed E-state index contributed by atoms with van der Waals surface area (Å²) in [5.74, 6) is 0. The normalized spacial score (nSPS) is 17.1. The molecule has 0 heterocycles. The van der Waals surface area contributed by atoms with Gasteiger partial charge in [-0.3, -0.25) is 0 Å². The van der Waals surface area contributed by atoms with Crippen LogP contribution in [0.15, 0.2) is 30.3 Å². The minimum atomic E-state index is -0.00698. The van der Waals surface area contributed by atoms with Crippen molar-refractivity contribution in [2.45, 2.75) is 57.5 Å². The van der Waals surface area contributed by atoms with E-state index in [-0.39, 0.29) is 12.1 Å². The first-order valence-corrected chi connectivity index (χ1v) is 7.35. The fraction of sp³-hybridized carbons (Fsp3) is 0.562. The number of amides is 2. The fourth-order valence-electron chi connectivity index (χ4n) is 2.62. The van der Waals surface area contributed by atoms with E-state index in [1.807, 2.05) is 6.07 Å². The van der Waals surface area contributed by atoms with E-state index in [1.54, 1.807) is 0 Å². The Labute approximate surface area is 115 Å². The van der Waals surface area contributed by atoms with Crippen LogP contribution in [0.4, 0.5) is 4.79 Å². The lowest BCUT2D eigenvalue weighted by atomic mass is 10.1. The van der Waals surface area contributed by atoms with Crippen LogP contribution in [0.25, 0.3) is 0 Å². The van der Waals surface area contributed by atoms with Crippen molar-refractivity contribution in [3.05, 3.63) is 35.9 Å². The van der Waals surface area contributed by atoms with E-state index in [1.165, 1.54) is 18.4 Å². The zero-order chi connectivity index (χ0) is 13.5. The summed E-state index contributed by atoms with van der Waals surface area (Å²) in [5, 5.41) is 6.08. The van der Waals surface area contributed by atoms with Crippen molar-refractivity contribution in [3.63, 3.8) is 0 Å². The van der Waals surface area contributed by atoms with Crippen LogP contribution in [0.1, 0.15) is 44.6 Å². The number of urea groups is 1. The van der Waals surface area contributed by atoms with Crippen LogP contribution in [0, 0.1) is 0 Å². The highest BCUT2D eigenvalue weighted by Crippen LogP contribution is 2.17. The van der Waals surface area contributed by atoms with Gasteiger partial charge in [0.15, 0.2) is 0 Å². The van der Waals surface area contributed by atoms with Gasteiger partial charge in [0.1, 0.15) is 0 Å². The number of rotatable bonds is 5. The molecule has 3 nitrogen and oxygen atoms in total. The van der Waals surface area contributed by atoms with E-state index in [2.05, 4.69) is 41.8 Å². The second-order valence-corrected chi connectivity index (χ2v) is 5.52. The maximum absolute atomic E-state index is 11.8. The van der Waals surface area contributed by atoms with Crippen LogP contribution < -0.4 is 10.6 Å². The molecule has 0 bridgehead atoms. The molecule has 3 heteroatoms. The van der Waals surface area contributed by atoms with Gasteiger partial charge in [-0.1, -0.05) is 43.2 Å². The summed E-state index contributed by atoms with van der Waals surface area (Å²) in [5.41, 5.74) is 1.33. The summed E-state index contributed by atoms with van der Waals surface area (Å²) >= 11 is 0. The van der Waals surface area contributed by atoms with E-state index in [0.717, 1.165) is 25.7 Å². The predicted octanol–water partition coefficient (Wildman–Crippen LogP) is 3.25. The molecule has 1 unspecified atom stereocenters. The highest BCUT2D eigenvalue weighted by Gasteiger charge is 2.17. The smallest absolute Gasteiger partial charge is 0.315 e. The average molecular weight is 260 g/mol. The number of carbonyl (C=O) groups excluding carboxylic acids is 1. The molecule has 2 rings (SSSR count). The molecule has 1 aliphatic rings. The molecule has 2 N–H and O–H groups in total. The van der Waals surface area contributed by atoms with E-state index in [9.17, 15) is 4.79 Å². The Hall–Kier alpha value is -1.51. The Morgan fingerprint density at radius 3 is 2.63 bits per heavy atom. The van der Waals surface area contributed by atoms with Crippen LogP contribution in [0.5, 0.6) is 0 Å². The van der Waals surface area contributed by atoms with Crippen molar-refractivity contribution in [1.29, 1.82) is 0 Å². The van der Waals surface area contributed by atoms with E-state index in [4.69, 9.17) is 0 Å². The molecule has 0 saturated heterocycles. The van der Waals surface area contributed by atoms with Gasteiger partial charge >= 0.3 is 6.03 Å². The molecular weight excluding hydrogens is 236 g/mol. The molecule has 19 heavy (non-hydrogen) atoms. The maximum atomic E-state index is 11.8. The van der Waals surface area contributed by atoms with Crippen molar-refractivity contribution in [2.24, 2.45) is 0 Å². The SMILES string of the molecule is CC(CCc1ccccc1)NC(=O)NC1CCCC1. The molecule has 0 aromatic heterocycles. The van der Waals surface area contributed by atoms with Crippen LogP contribution in [-0.2, 0) is 6.42 Å². The third kappa shape index (κ3) is 4.93. The van der Waals surface area contributed by atoms with Crippen molar-refractivity contribution in [1.82, 2.24) is 10.6 Å². The minimum Gasteiger partial charge on any atom is -0.336 e. The topological polar surface area (TPSA) is 41.1 Å². The van der Waals surface area contributed by atoms with Gasteiger partial charge in [0, 0.05) is 12.1 Å². The monoisotopic (exact) mass is 260 g/mol. The summed E-state index contributed by atoms with van der Waals surface area (Å²) in [7, 11) is 0. The highest BCUT2D eigenvalue weighted by molar-refractivity contribution is 5.74. The van der Waals surface area contributed by atoms with Gasteiger partial charge in [0.05, 0.1) is 0 Å². The largest absolute Gasteiger partial charge is 0.336 e. The number of nitrogens with one attached hydrogen (secondary N) is 2. The summed E-state index contributed by atoms with van der Waals surface area (Å²) in [6.07, 6.45) is 6.73. The second-order valence-electron chi connectivity index (χ2n) is 5.52. The molecule has 104 valence electrons. The molecule has 1 fully saturated rings. The molecule has 1 atom stereocenters. The second kappa shape index (κ2) is 7.17. The van der Waals surface area contributed by atoms with Crippen molar-refractivity contribution in [3.8, 4) is 0 Å². The molecule has 2 amide bonds. The molecule has 1 aliphatic carbocycles. The van der Waals surface area contributed by atoms with Crippen LogP contribution >= 0.6 is 0 Å². The molecule has 1 aromatic rings.